The minimum Gasteiger partial charge on any atom is -0.493 e. The fourth-order valence-electron chi connectivity index (χ4n) is 1.41. The van der Waals surface area contributed by atoms with Gasteiger partial charge in [0.25, 0.3) is 0 Å². The molecule has 0 aliphatic heterocycles. The van der Waals surface area contributed by atoms with E-state index < -0.39 is 0 Å². The van der Waals surface area contributed by atoms with E-state index in [2.05, 4.69) is 12.0 Å². The Bertz CT molecular complexity index is 266. The average molecular weight is 168 g/mol. The Balaban J connectivity index is 3.02. The summed E-state index contributed by atoms with van der Waals surface area (Å²) in [5.74, 6) is 0.320. The van der Waals surface area contributed by atoms with E-state index in [4.69, 9.17) is 0 Å². The van der Waals surface area contributed by atoms with E-state index in [1.54, 1.807) is 11.7 Å². The smallest absolute Gasteiger partial charge is 0.212 e. The molecule has 3 nitrogen and oxygen atoms in total. The van der Waals surface area contributed by atoms with Crippen molar-refractivity contribution in [3.05, 3.63) is 11.3 Å². The molecule has 1 rings (SSSR count). The van der Waals surface area contributed by atoms with Crippen LogP contribution in [0.2, 0.25) is 0 Å². The average Bonchev–Trinajstić information content (AvgIpc) is 2.29. The van der Waals surface area contributed by atoms with Crippen LogP contribution >= 0.6 is 0 Å². The van der Waals surface area contributed by atoms with E-state index in [0.717, 1.165) is 30.5 Å². The van der Waals surface area contributed by atoms with Gasteiger partial charge in [0, 0.05) is 12.6 Å². The minimum atomic E-state index is 0.320. The first-order valence-electron chi connectivity index (χ1n) is 4.44. The Morgan fingerprint density at radius 1 is 1.42 bits per heavy atom. The van der Waals surface area contributed by atoms with Crippen LogP contribution in [0.25, 0.3) is 0 Å². The second-order valence-corrected chi connectivity index (χ2v) is 2.98. The van der Waals surface area contributed by atoms with Crippen molar-refractivity contribution in [2.24, 2.45) is 7.05 Å². The molecule has 0 aromatic carbocycles. The van der Waals surface area contributed by atoms with Crippen molar-refractivity contribution in [2.75, 3.05) is 0 Å². The Morgan fingerprint density at radius 3 is 2.58 bits per heavy atom. The maximum Gasteiger partial charge on any atom is 0.212 e. The van der Waals surface area contributed by atoms with Crippen LogP contribution in [0, 0.1) is 0 Å². The Labute approximate surface area is 73.0 Å². The van der Waals surface area contributed by atoms with Crippen molar-refractivity contribution in [1.82, 2.24) is 9.78 Å². The first kappa shape index (κ1) is 9.10. The largest absolute Gasteiger partial charge is 0.493 e. The van der Waals surface area contributed by atoms with Gasteiger partial charge in [0.15, 0.2) is 0 Å². The third-order valence-corrected chi connectivity index (χ3v) is 2.04. The summed E-state index contributed by atoms with van der Waals surface area (Å²) in [6.07, 6.45) is 2.88. The van der Waals surface area contributed by atoms with Crippen molar-refractivity contribution in [3.8, 4) is 5.88 Å². The SMILES string of the molecule is CCCc1nn(C)c(O)c1CC. The highest BCUT2D eigenvalue weighted by Gasteiger charge is 2.11. The lowest BCUT2D eigenvalue weighted by atomic mass is 10.1. The molecular formula is C9H16N2O. The molecule has 0 radical (unpaired) electrons. The van der Waals surface area contributed by atoms with Crippen LogP contribution in [-0.4, -0.2) is 14.9 Å². The maximum atomic E-state index is 9.55. The summed E-state index contributed by atoms with van der Waals surface area (Å²) in [6.45, 7) is 4.15. The van der Waals surface area contributed by atoms with E-state index in [9.17, 15) is 5.11 Å². The van der Waals surface area contributed by atoms with Gasteiger partial charge in [-0.05, 0) is 12.8 Å². The summed E-state index contributed by atoms with van der Waals surface area (Å²) < 4.78 is 1.55. The Hall–Kier alpha value is -0.990. The lowest BCUT2D eigenvalue weighted by molar-refractivity contribution is 0.414. The van der Waals surface area contributed by atoms with Gasteiger partial charge >= 0.3 is 0 Å². The van der Waals surface area contributed by atoms with Crippen molar-refractivity contribution >= 4 is 0 Å². The number of hydrogen-bond acceptors (Lipinski definition) is 2. The normalized spacial score (nSPS) is 10.6. The van der Waals surface area contributed by atoms with Gasteiger partial charge in [0.1, 0.15) is 0 Å². The molecule has 0 saturated carbocycles. The van der Waals surface area contributed by atoms with E-state index in [0.29, 0.717) is 5.88 Å². The van der Waals surface area contributed by atoms with Gasteiger partial charge < -0.3 is 5.11 Å². The molecule has 0 aliphatic carbocycles. The number of aryl methyl sites for hydroxylation is 2. The van der Waals surface area contributed by atoms with Crippen molar-refractivity contribution in [1.29, 1.82) is 0 Å². The minimum absolute atomic E-state index is 0.320. The molecular weight excluding hydrogens is 152 g/mol. The number of rotatable bonds is 3. The Kier molecular flexibility index (Phi) is 2.74. The van der Waals surface area contributed by atoms with Crippen molar-refractivity contribution in [3.63, 3.8) is 0 Å². The maximum absolute atomic E-state index is 9.55. The first-order valence-corrected chi connectivity index (χ1v) is 4.44. The highest BCUT2D eigenvalue weighted by Crippen LogP contribution is 2.21. The van der Waals surface area contributed by atoms with Crippen molar-refractivity contribution < 1.29 is 5.11 Å². The molecule has 68 valence electrons. The lowest BCUT2D eigenvalue weighted by Crippen LogP contribution is -1.91. The van der Waals surface area contributed by atoms with Gasteiger partial charge in [0.05, 0.1) is 5.69 Å². The van der Waals surface area contributed by atoms with Gasteiger partial charge in [-0.1, -0.05) is 20.3 Å². The third kappa shape index (κ3) is 1.44. The van der Waals surface area contributed by atoms with Gasteiger partial charge in [-0.3, -0.25) is 0 Å². The molecule has 0 atom stereocenters. The monoisotopic (exact) mass is 168 g/mol. The lowest BCUT2D eigenvalue weighted by Gasteiger charge is -1.95. The van der Waals surface area contributed by atoms with Gasteiger partial charge in [-0.2, -0.15) is 5.10 Å². The molecule has 0 spiro atoms. The van der Waals surface area contributed by atoms with Crippen LogP contribution in [0.15, 0.2) is 0 Å². The second kappa shape index (κ2) is 3.61. The molecule has 0 bridgehead atoms. The van der Waals surface area contributed by atoms with Crippen LogP contribution < -0.4 is 0 Å². The predicted molar refractivity (Wildman–Crippen MR) is 48.2 cm³/mol. The summed E-state index contributed by atoms with van der Waals surface area (Å²) in [6, 6.07) is 0. The zero-order chi connectivity index (χ0) is 9.14. The molecule has 1 aromatic rings. The van der Waals surface area contributed by atoms with Gasteiger partial charge in [-0.25, -0.2) is 4.68 Å². The zero-order valence-corrected chi connectivity index (χ0v) is 7.96. The van der Waals surface area contributed by atoms with E-state index >= 15 is 0 Å². The molecule has 1 N–H and O–H groups in total. The highest BCUT2D eigenvalue weighted by atomic mass is 16.3. The van der Waals surface area contributed by atoms with Gasteiger partial charge in [-0.15, -0.1) is 0 Å². The molecule has 0 fully saturated rings. The van der Waals surface area contributed by atoms with Crippen LogP contribution in [-0.2, 0) is 19.9 Å². The van der Waals surface area contributed by atoms with Crippen LogP contribution in [0.5, 0.6) is 5.88 Å². The fourth-order valence-corrected chi connectivity index (χ4v) is 1.41. The molecule has 0 amide bonds. The van der Waals surface area contributed by atoms with Crippen molar-refractivity contribution in [2.45, 2.75) is 33.1 Å². The number of hydrogen-bond donors (Lipinski definition) is 1. The topological polar surface area (TPSA) is 38.0 Å². The molecule has 1 aromatic heterocycles. The molecule has 1 heterocycles. The summed E-state index contributed by atoms with van der Waals surface area (Å²) in [5, 5.41) is 13.8. The molecule has 3 heteroatoms. The van der Waals surface area contributed by atoms with Crippen LogP contribution in [0.4, 0.5) is 0 Å². The van der Waals surface area contributed by atoms with E-state index in [1.807, 2.05) is 6.92 Å². The van der Waals surface area contributed by atoms with Gasteiger partial charge in [0.2, 0.25) is 5.88 Å². The third-order valence-electron chi connectivity index (χ3n) is 2.04. The molecule has 0 saturated heterocycles. The summed E-state index contributed by atoms with van der Waals surface area (Å²) in [5.41, 5.74) is 2.04. The molecule has 0 unspecified atom stereocenters. The van der Waals surface area contributed by atoms with E-state index in [1.165, 1.54) is 0 Å². The zero-order valence-electron chi connectivity index (χ0n) is 7.96. The van der Waals surface area contributed by atoms with E-state index in [-0.39, 0.29) is 0 Å². The number of aromatic nitrogens is 2. The predicted octanol–water partition coefficient (Wildman–Crippen LogP) is 1.64. The summed E-state index contributed by atoms with van der Waals surface area (Å²) in [7, 11) is 1.77. The summed E-state index contributed by atoms with van der Waals surface area (Å²) in [4.78, 5) is 0. The molecule has 0 aliphatic rings. The first-order chi connectivity index (χ1) is 5.70. The quantitative estimate of drug-likeness (QED) is 0.745. The Morgan fingerprint density at radius 2 is 2.08 bits per heavy atom. The standard InChI is InChI=1S/C9H16N2O/c1-4-6-8-7(5-2)9(12)11(3)10-8/h12H,4-6H2,1-3H3. The summed E-state index contributed by atoms with van der Waals surface area (Å²) >= 11 is 0. The fraction of sp³-hybridized carbons (Fsp3) is 0.667. The number of aromatic hydroxyl groups is 1. The highest BCUT2D eigenvalue weighted by molar-refractivity contribution is 5.30. The van der Waals surface area contributed by atoms with Crippen LogP contribution in [0.1, 0.15) is 31.5 Å². The number of nitrogens with zero attached hydrogens (tertiary/aromatic N) is 2. The second-order valence-electron chi connectivity index (χ2n) is 2.98. The van der Waals surface area contributed by atoms with Crippen LogP contribution in [0.3, 0.4) is 0 Å². The molecule has 12 heavy (non-hydrogen) atoms.